The Kier molecular flexibility index (Phi) is 2.23. The van der Waals surface area contributed by atoms with Crippen LogP contribution in [0.2, 0.25) is 0 Å². The van der Waals surface area contributed by atoms with Crippen molar-refractivity contribution in [3.8, 4) is 0 Å². The summed E-state index contributed by atoms with van der Waals surface area (Å²) >= 11 is 0. The molecule has 0 saturated carbocycles. The number of hydrogen-bond donors (Lipinski definition) is 1. The standard InChI is InChI=1S/C12H18N2/c1-12(2,9-13)14-8-7-10-5-3-4-6-11(10)14/h3-6H,7-9,13H2,1-2H3. The zero-order chi connectivity index (χ0) is 10.2. The topological polar surface area (TPSA) is 29.3 Å². The second kappa shape index (κ2) is 3.28. The molecule has 0 amide bonds. The molecule has 2 rings (SSSR count). The molecule has 0 fully saturated rings. The SMILES string of the molecule is CC(C)(CN)N1CCc2ccccc21. The van der Waals surface area contributed by atoms with E-state index < -0.39 is 0 Å². The Hall–Kier alpha value is -1.02. The number of nitrogens with two attached hydrogens (primary N) is 1. The molecule has 0 atom stereocenters. The summed E-state index contributed by atoms with van der Waals surface area (Å²) < 4.78 is 0. The molecule has 1 aliphatic rings. The fourth-order valence-corrected chi connectivity index (χ4v) is 2.08. The zero-order valence-corrected chi connectivity index (χ0v) is 8.96. The molecule has 0 aliphatic carbocycles. The first-order chi connectivity index (χ1) is 6.65. The van der Waals surface area contributed by atoms with Gasteiger partial charge in [-0.1, -0.05) is 18.2 Å². The predicted octanol–water partition coefficient (Wildman–Crippen LogP) is 1.79. The van der Waals surface area contributed by atoms with Crippen LogP contribution >= 0.6 is 0 Å². The van der Waals surface area contributed by atoms with Crippen molar-refractivity contribution in [3.63, 3.8) is 0 Å². The zero-order valence-electron chi connectivity index (χ0n) is 8.96. The van der Waals surface area contributed by atoms with Gasteiger partial charge in [0, 0.05) is 24.3 Å². The van der Waals surface area contributed by atoms with Crippen LogP contribution in [0, 0.1) is 0 Å². The van der Waals surface area contributed by atoms with Gasteiger partial charge in [0.05, 0.1) is 0 Å². The monoisotopic (exact) mass is 190 g/mol. The van der Waals surface area contributed by atoms with Gasteiger partial charge >= 0.3 is 0 Å². The van der Waals surface area contributed by atoms with Crippen LogP contribution in [0.15, 0.2) is 24.3 Å². The molecule has 1 heterocycles. The summed E-state index contributed by atoms with van der Waals surface area (Å²) in [6.45, 7) is 6.20. The first kappa shape index (κ1) is 9.53. The highest BCUT2D eigenvalue weighted by atomic mass is 15.2. The predicted molar refractivity (Wildman–Crippen MR) is 60.6 cm³/mol. The molecule has 0 spiro atoms. The van der Waals surface area contributed by atoms with Crippen molar-refractivity contribution in [1.29, 1.82) is 0 Å². The van der Waals surface area contributed by atoms with E-state index in [0.29, 0.717) is 6.54 Å². The lowest BCUT2D eigenvalue weighted by molar-refractivity contribution is 0.481. The lowest BCUT2D eigenvalue weighted by Gasteiger charge is -2.36. The number of nitrogens with zero attached hydrogens (tertiary/aromatic N) is 1. The third-order valence-corrected chi connectivity index (χ3v) is 3.12. The van der Waals surface area contributed by atoms with Gasteiger partial charge in [-0.05, 0) is 31.9 Å². The summed E-state index contributed by atoms with van der Waals surface area (Å²) in [5.41, 5.74) is 8.69. The van der Waals surface area contributed by atoms with E-state index in [1.165, 1.54) is 11.3 Å². The van der Waals surface area contributed by atoms with Crippen molar-refractivity contribution in [1.82, 2.24) is 0 Å². The highest BCUT2D eigenvalue weighted by Crippen LogP contribution is 2.32. The number of benzene rings is 1. The molecule has 0 unspecified atom stereocenters. The van der Waals surface area contributed by atoms with Crippen LogP contribution in [-0.4, -0.2) is 18.6 Å². The van der Waals surface area contributed by atoms with Crippen molar-refractivity contribution in [2.45, 2.75) is 25.8 Å². The lowest BCUT2D eigenvalue weighted by atomic mass is 10.0. The summed E-state index contributed by atoms with van der Waals surface area (Å²) in [6.07, 6.45) is 1.15. The van der Waals surface area contributed by atoms with E-state index in [4.69, 9.17) is 5.73 Å². The summed E-state index contributed by atoms with van der Waals surface area (Å²) in [7, 11) is 0. The summed E-state index contributed by atoms with van der Waals surface area (Å²) in [5, 5.41) is 0. The molecule has 2 heteroatoms. The number of anilines is 1. The molecule has 1 aliphatic heterocycles. The smallest absolute Gasteiger partial charge is 0.0468 e. The molecule has 1 aromatic rings. The third kappa shape index (κ3) is 1.40. The van der Waals surface area contributed by atoms with Gasteiger partial charge in [-0.3, -0.25) is 0 Å². The van der Waals surface area contributed by atoms with Gasteiger partial charge in [0.15, 0.2) is 0 Å². The van der Waals surface area contributed by atoms with Crippen molar-refractivity contribution in [2.24, 2.45) is 5.73 Å². The first-order valence-corrected chi connectivity index (χ1v) is 5.21. The minimum Gasteiger partial charge on any atom is -0.365 e. The quantitative estimate of drug-likeness (QED) is 0.770. The maximum Gasteiger partial charge on any atom is 0.0468 e. The number of rotatable bonds is 2. The van der Waals surface area contributed by atoms with Crippen LogP contribution in [0.25, 0.3) is 0 Å². The third-order valence-electron chi connectivity index (χ3n) is 3.12. The van der Waals surface area contributed by atoms with Crippen molar-refractivity contribution >= 4 is 5.69 Å². The number of fused-ring (bicyclic) bond motifs is 1. The average molecular weight is 190 g/mol. The van der Waals surface area contributed by atoms with Gasteiger partial charge in [0.25, 0.3) is 0 Å². The van der Waals surface area contributed by atoms with Crippen molar-refractivity contribution in [3.05, 3.63) is 29.8 Å². The molecule has 0 bridgehead atoms. The fraction of sp³-hybridized carbons (Fsp3) is 0.500. The molecular formula is C12H18N2. The Balaban J connectivity index is 2.35. The van der Waals surface area contributed by atoms with Crippen LogP contribution < -0.4 is 10.6 Å². The van der Waals surface area contributed by atoms with Gasteiger partial charge in [0.1, 0.15) is 0 Å². The van der Waals surface area contributed by atoms with E-state index in [1.807, 2.05) is 0 Å². The van der Waals surface area contributed by atoms with Gasteiger partial charge in [-0.25, -0.2) is 0 Å². The lowest BCUT2D eigenvalue weighted by Crippen LogP contribution is -2.48. The van der Waals surface area contributed by atoms with E-state index >= 15 is 0 Å². The molecule has 2 N–H and O–H groups in total. The maximum atomic E-state index is 5.80. The summed E-state index contributed by atoms with van der Waals surface area (Å²) in [6, 6.07) is 8.61. The van der Waals surface area contributed by atoms with Gasteiger partial charge < -0.3 is 10.6 Å². The largest absolute Gasteiger partial charge is 0.365 e. The number of hydrogen-bond acceptors (Lipinski definition) is 2. The Labute approximate surface area is 85.7 Å². The van der Waals surface area contributed by atoms with Gasteiger partial charge in [-0.15, -0.1) is 0 Å². The van der Waals surface area contributed by atoms with Crippen LogP contribution in [0.3, 0.4) is 0 Å². The molecule has 1 aromatic carbocycles. The average Bonchev–Trinajstić information content (AvgIpc) is 2.61. The number of para-hydroxylation sites is 1. The van der Waals surface area contributed by atoms with Crippen LogP contribution in [-0.2, 0) is 6.42 Å². The highest BCUT2D eigenvalue weighted by Gasteiger charge is 2.30. The molecule has 14 heavy (non-hydrogen) atoms. The Morgan fingerprint density at radius 1 is 1.36 bits per heavy atom. The van der Waals surface area contributed by atoms with Crippen LogP contribution in [0.5, 0.6) is 0 Å². The molecule has 0 saturated heterocycles. The Morgan fingerprint density at radius 3 is 2.79 bits per heavy atom. The van der Waals surface area contributed by atoms with Crippen molar-refractivity contribution < 1.29 is 0 Å². The second-order valence-electron chi connectivity index (χ2n) is 4.55. The van der Waals surface area contributed by atoms with Crippen molar-refractivity contribution in [2.75, 3.05) is 18.0 Å². The van der Waals surface area contributed by atoms with Gasteiger partial charge in [0.2, 0.25) is 0 Å². The van der Waals surface area contributed by atoms with E-state index in [2.05, 4.69) is 43.0 Å². The van der Waals surface area contributed by atoms with E-state index in [1.54, 1.807) is 0 Å². The second-order valence-corrected chi connectivity index (χ2v) is 4.55. The normalized spacial score (nSPS) is 15.8. The Morgan fingerprint density at radius 2 is 2.07 bits per heavy atom. The minimum atomic E-state index is 0.0760. The molecule has 76 valence electrons. The van der Waals surface area contributed by atoms with Crippen LogP contribution in [0.1, 0.15) is 19.4 Å². The van der Waals surface area contributed by atoms with Crippen LogP contribution in [0.4, 0.5) is 5.69 Å². The van der Waals surface area contributed by atoms with E-state index in [0.717, 1.165) is 13.0 Å². The summed E-state index contributed by atoms with van der Waals surface area (Å²) in [5.74, 6) is 0. The maximum absolute atomic E-state index is 5.80. The van der Waals surface area contributed by atoms with Gasteiger partial charge in [-0.2, -0.15) is 0 Å². The highest BCUT2D eigenvalue weighted by molar-refractivity contribution is 5.59. The molecule has 0 radical (unpaired) electrons. The Bertz CT molecular complexity index is 331. The molecular weight excluding hydrogens is 172 g/mol. The summed E-state index contributed by atoms with van der Waals surface area (Å²) in [4.78, 5) is 2.42. The molecule has 2 nitrogen and oxygen atoms in total. The first-order valence-electron chi connectivity index (χ1n) is 5.21. The molecule has 0 aromatic heterocycles. The minimum absolute atomic E-state index is 0.0760. The van der Waals surface area contributed by atoms with E-state index in [9.17, 15) is 0 Å². The fourth-order valence-electron chi connectivity index (χ4n) is 2.08. The van der Waals surface area contributed by atoms with E-state index in [-0.39, 0.29) is 5.54 Å².